The normalized spacial score (nSPS) is 11.8. The number of halogens is 1. The number of aromatic nitrogens is 1. The van der Waals surface area contributed by atoms with Gasteiger partial charge in [0.1, 0.15) is 17.9 Å². The van der Waals surface area contributed by atoms with Crippen LogP contribution in [0.25, 0.3) is 11.0 Å². The fraction of sp³-hybridized carbons (Fsp3) is 0.222. The molecule has 0 aliphatic rings. The molecule has 132 valence electrons. The van der Waals surface area contributed by atoms with Gasteiger partial charge in [0.05, 0.1) is 5.69 Å². The number of carbonyl (C=O) groups is 1. The average molecular weight is 363 g/mol. The van der Waals surface area contributed by atoms with Crippen molar-refractivity contribution in [3.63, 3.8) is 0 Å². The van der Waals surface area contributed by atoms with Crippen LogP contribution in [0.2, 0.25) is 0 Å². The van der Waals surface area contributed by atoms with Gasteiger partial charge in [-0.3, -0.25) is 0 Å². The Hall–Kier alpha value is -2.57. The van der Waals surface area contributed by atoms with E-state index in [1.165, 1.54) is 0 Å². The van der Waals surface area contributed by atoms with Crippen molar-refractivity contribution in [2.24, 2.45) is 5.73 Å². The zero-order valence-corrected chi connectivity index (χ0v) is 14.5. The van der Waals surface area contributed by atoms with Gasteiger partial charge in [-0.2, -0.15) is 0 Å². The number of hydrogen-bond acceptors (Lipinski definition) is 5. The van der Waals surface area contributed by atoms with Crippen LogP contribution >= 0.6 is 12.4 Å². The molecule has 0 amide bonds. The van der Waals surface area contributed by atoms with Crippen molar-refractivity contribution < 1.29 is 19.2 Å². The number of rotatable bonds is 6. The number of aromatic carboxylic acids is 1. The van der Waals surface area contributed by atoms with Crippen LogP contribution in [0.1, 0.15) is 21.6 Å². The first-order valence-corrected chi connectivity index (χ1v) is 7.61. The summed E-state index contributed by atoms with van der Waals surface area (Å²) < 4.78 is 10.8. The van der Waals surface area contributed by atoms with E-state index < -0.39 is 5.97 Å². The molecule has 1 aromatic heterocycles. The molecule has 2 aromatic carbocycles. The molecular formula is C18H19ClN2O4. The number of fused-ring (bicyclic) bond motifs is 1. The van der Waals surface area contributed by atoms with E-state index in [4.69, 9.17) is 15.0 Å². The lowest BCUT2D eigenvalue weighted by atomic mass is 10.1. The van der Waals surface area contributed by atoms with Gasteiger partial charge in [-0.05, 0) is 31.0 Å². The maximum absolute atomic E-state index is 11.6. The highest BCUT2D eigenvalue weighted by Crippen LogP contribution is 2.30. The second kappa shape index (κ2) is 8.00. The Balaban J connectivity index is 0.00000225. The first kappa shape index (κ1) is 18.8. The molecule has 0 spiro atoms. The number of hydrogen-bond donors (Lipinski definition) is 2. The minimum absolute atomic E-state index is 0. The molecule has 1 atom stereocenters. The standard InChI is InChI=1S/C18H18N2O4.ClH/c1-11-14-7-8-15(16(18(21)22)17(14)24-20-11)23-10-13(19)9-12-5-3-2-4-6-12;/h2-8,13H,9-10,19H2,1H3,(H,21,22);1H/t13-;/m1./s1. The second-order valence-corrected chi connectivity index (χ2v) is 5.65. The summed E-state index contributed by atoms with van der Waals surface area (Å²) in [6.45, 7) is 1.96. The number of ether oxygens (including phenoxy) is 1. The van der Waals surface area contributed by atoms with Gasteiger partial charge in [-0.25, -0.2) is 4.79 Å². The molecule has 0 aliphatic carbocycles. The van der Waals surface area contributed by atoms with Crippen LogP contribution in [0.3, 0.4) is 0 Å². The molecule has 0 bridgehead atoms. The lowest BCUT2D eigenvalue weighted by Crippen LogP contribution is -2.30. The molecule has 0 radical (unpaired) electrons. The third-order valence-corrected chi connectivity index (χ3v) is 3.79. The maximum Gasteiger partial charge on any atom is 0.343 e. The van der Waals surface area contributed by atoms with Crippen molar-refractivity contribution in [3.8, 4) is 5.75 Å². The molecule has 3 rings (SSSR count). The predicted octanol–water partition coefficient (Wildman–Crippen LogP) is 3.21. The van der Waals surface area contributed by atoms with Crippen LogP contribution in [0.4, 0.5) is 0 Å². The first-order valence-electron chi connectivity index (χ1n) is 7.61. The Labute approximate surface area is 151 Å². The molecular weight excluding hydrogens is 344 g/mol. The summed E-state index contributed by atoms with van der Waals surface area (Å²) in [5, 5.41) is 13.9. The Kier molecular flexibility index (Phi) is 6.01. The molecule has 0 saturated heterocycles. The summed E-state index contributed by atoms with van der Waals surface area (Å²) in [5.74, 6) is -0.891. The quantitative estimate of drug-likeness (QED) is 0.698. The fourth-order valence-electron chi connectivity index (χ4n) is 2.60. The van der Waals surface area contributed by atoms with Crippen LogP contribution in [-0.2, 0) is 6.42 Å². The van der Waals surface area contributed by atoms with Gasteiger partial charge >= 0.3 is 5.97 Å². The smallest absolute Gasteiger partial charge is 0.343 e. The SMILES string of the molecule is Cc1noc2c(C(=O)O)c(OC[C@H](N)Cc3ccccc3)ccc12.Cl. The van der Waals surface area contributed by atoms with Crippen molar-refractivity contribution in [2.75, 3.05) is 6.61 Å². The molecule has 7 heteroatoms. The van der Waals surface area contributed by atoms with Crippen LogP contribution in [0.5, 0.6) is 5.75 Å². The number of carboxylic acids is 1. The van der Waals surface area contributed by atoms with Gasteiger partial charge in [0.25, 0.3) is 0 Å². The van der Waals surface area contributed by atoms with Crippen molar-refractivity contribution >= 4 is 29.3 Å². The highest BCUT2D eigenvalue weighted by atomic mass is 35.5. The van der Waals surface area contributed by atoms with E-state index >= 15 is 0 Å². The Bertz CT molecular complexity index is 864. The lowest BCUT2D eigenvalue weighted by molar-refractivity contribution is 0.0692. The molecule has 0 saturated carbocycles. The van der Waals surface area contributed by atoms with Crippen molar-refractivity contribution in [3.05, 3.63) is 59.3 Å². The monoisotopic (exact) mass is 362 g/mol. The molecule has 25 heavy (non-hydrogen) atoms. The molecule has 1 heterocycles. The van der Waals surface area contributed by atoms with Gasteiger partial charge < -0.3 is 20.1 Å². The summed E-state index contributed by atoms with van der Waals surface area (Å²) in [6.07, 6.45) is 0.646. The largest absolute Gasteiger partial charge is 0.491 e. The average Bonchev–Trinajstić information content (AvgIpc) is 2.94. The molecule has 3 N–H and O–H groups in total. The van der Waals surface area contributed by atoms with Gasteiger partial charge in [-0.1, -0.05) is 35.5 Å². The number of aryl methyl sites for hydroxylation is 1. The molecule has 6 nitrogen and oxygen atoms in total. The van der Waals surface area contributed by atoms with Crippen LogP contribution in [-0.4, -0.2) is 28.9 Å². The zero-order valence-electron chi connectivity index (χ0n) is 13.6. The van der Waals surface area contributed by atoms with E-state index in [9.17, 15) is 9.90 Å². The van der Waals surface area contributed by atoms with E-state index in [1.54, 1.807) is 19.1 Å². The molecule has 3 aromatic rings. The summed E-state index contributed by atoms with van der Waals surface area (Å²) in [7, 11) is 0. The van der Waals surface area contributed by atoms with Crippen molar-refractivity contribution in [1.82, 2.24) is 5.16 Å². The maximum atomic E-state index is 11.6. The first-order chi connectivity index (χ1) is 11.6. The van der Waals surface area contributed by atoms with Crippen LogP contribution < -0.4 is 10.5 Å². The number of nitrogens with zero attached hydrogens (tertiary/aromatic N) is 1. The summed E-state index contributed by atoms with van der Waals surface area (Å²) in [6, 6.07) is 12.9. The zero-order chi connectivity index (χ0) is 17.1. The van der Waals surface area contributed by atoms with Gasteiger partial charge in [0.2, 0.25) is 0 Å². The Morgan fingerprint density at radius 3 is 2.68 bits per heavy atom. The van der Waals surface area contributed by atoms with Crippen molar-refractivity contribution in [2.45, 2.75) is 19.4 Å². The van der Waals surface area contributed by atoms with E-state index in [1.807, 2.05) is 30.3 Å². The predicted molar refractivity (Wildman–Crippen MR) is 96.6 cm³/mol. The number of nitrogens with two attached hydrogens (primary N) is 1. The highest BCUT2D eigenvalue weighted by molar-refractivity contribution is 6.04. The van der Waals surface area contributed by atoms with E-state index in [2.05, 4.69) is 5.16 Å². The summed E-state index contributed by atoms with van der Waals surface area (Å²) in [5.41, 5.74) is 8.02. The summed E-state index contributed by atoms with van der Waals surface area (Å²) in [4.78, 5) is 11.6. The number of carboxylic acid groups (broad SMARTS) is 1. The van der Waals surface area contributed by atoms with E-state index in [-0.39, 0.29) is 42.0 Å². The number of benzene rings is 2. The van der Waals surface area contributed by atoms with E-state index in [0.29, 0.717) is 17.5 Å². The van der Waals surface area contributed by atoms with Gasteiger partial charge in [0, 0.05) is 11.4 Å². The third-order valence-electron chi connectivity index (χ3n) is 3.79. The summed E-state index contributed by atoms with van der Waals surface area (Å²) >= 11 is 0. The van der Waals surface area contributed by atoms with Crippen LogP contribution in [0, 0.1) is 6.92 Å². The van der Waals surface area contributed by atoms with E-state index in [0.717, 1.165) is 5.56 Å². The molecule has 0 fully saturated rings. The highest BCUT2D eigenvalue weighted by Gasteiger charge is 2.21. The Morgan fingerprint density at radius 2 is 2.00 bits per heavy atom. The fourth-order valence-corrected chi connectivity index (χ4v) is 2.60. The Morgan fingerprint density at radius 1 is 1.28 bits per heavy atom. The third kappa shape index (κ3) is 4.10. The topological polar surface area (TPSA) is 98.6 Å². The van der Waals surface area contributed by atoms with Gasteiger partial charge in [0.15, 0.2) is 5.58 Å². The molecule has 0 unspecified atom stereocenters. The minimum Gasteiger partial charge on any atom is -0.491 e. The lowest BCUT2D eigenvalue weighted by Gasteiger charge is -2.14. The second-order valence-electron chi connectivity index (χ2n) is 5.65. The van der Waals surface area contributed by atoms with Crippen LogP contribution in [0.15, 0.2) is 47.0 Å². The van der Waals surface area contributed by atoms with Crippen molar-refractivity contribution in [1.29, 1.82) is 0 Å². The minimum atomic E-state index is -1.12. The van der Waals surface area contributed by atoms with Gasteiger partial charge in [-0.15, -0.1) is 12.4 Å². The molecule has 0 aliphatic heterocycles.